The normalized spacial score (nSPS) is 12.5. The second-order valence-electron chi connectivity index (χ2n) is 7.12. The van der Waals surface area contributed by atoms with Crippen molar-refractivity contribution in [2.45, 2.75) is 17.4 Å². The van der Waals surface area contributed by atoms with Gasteiger partial charge in [0.25, 0.3) is 0 Å². The maximum absolute atomic E-state index is 13.0. The molecule has 1 unspecified atom stereocenters. The van der Waals surface area contributed by atoms with Crippen LogP contribution in [0.3, 0.4) is 0 Å². The van der Waals surface area contributed by atoms with Gasteiger partial charge in [-0.3, -0.25) is 0 Å². The number of hydrogen-bond donors (Lipinski definition) is 3. The lowest BCUT2D eigenvalue weighted by Crippen LogP contribution is -2.32. The molecule has 158 valence electrons. The zero-order chi connectivity index (χ0) is 21.7. The lowest BCUT2D eigenvalue weighted by Gasteiger charge is -2.19. The third-order valence-electron chi connectivity index (χ3n) is 4.86. The molecule has 7 nitrogen and oxygen atoms in total. The van der Waals surface area contributed by atoms with E-state index in [9.17, 15) is 13.2 Å². The highest BCUT2D eigenvalue weighted by Gasteiger charge is 2.20. The topological polar surface area (TPSA) is 98.7 Å². The number of benzene rings is 3. The number of amides is 1. The van der Waals surface area contributed by atoms with Gasteiger partial charge in [0.05, 0.1) is 10.9 Å². The van der Waals surface area contributed by atoms with Crippen LogP contribution in [-0.2, 0) is 10.0 Å². The summed E-state index contributed by atoms with van der Waals surface area (Å²) in [6.07, 6.45) is -0.875. The predicted octanol–water partition coefficient (Wildman–Crippen LogP) is 3.58. The molecule has 0 spiro atoms. The van der Waals surface area contributed by atoms with Crippen molar-refractivity contribution < 1.29 is 18.3 Å². The van der Waals surface area contributed by atoms with Crippen molar-refractivity contribution in [3.63, 3.8) is 0 Å². The van der Waals surface area contributed by atoms with Crippen molar-refractivity contribution in [3.05, 3.63) is 72.3 Å². The number of hydrogen-bond acceptors (Lipinski definition) is 4. The number of rotatable bonds is 8. The molecule has 30 heavy (non-hydrogen) atoms. The Bertz CT molecular complexity index is 1130. The van der Waals surface area contributed by atoms with Crippen LogP contribution in [-0.4, -0.2) is 40.3 Å². The minimum atomic E-state index is -3.78. The molecule has 0 fully saturated rings. The molecule has 0 radical (unpaired) electrons. The van der Waals surface area contributed by atoms with Gasteiger partial charge in [0.1, 0.15) is 0 Å². The van der Waals surface area contributed by atoms with Crippen LogP contribution in [0.5, 0.6) is 0 Å². The van der Waals surface area contributed by atoms with E-state index in [-0.39, 0.29) is 17.9 Å². The van der Waals surface area contributed by atoms with Crippen molar-refractivity contribution in [2.75, 3.05) is 25.5 Å². The Morgan fingerprint density at radius 1 is 0.967 bits per heavy atom. The Hall–Kier alpha value is -3.10. The van der Waals surface area contributed by atoms with Crippen LogP contribution in [0.25, 0.3) is 10.8 Å². The van der Waals surface area contributed by atoms with Gasteiger partial charge in [-0.2, -0.15) is 0 Å². The summed E-state index contributed by atoms with van der Waals surface area (Å²) in [4.78, 5) is 13.3. The number of sulfonamides is 1. The molecule has 0 aliphatic rings. The lowest BCUT2D eigenvalue weighted by molar-refractivity contribution is 0.189. The number of fused-ring (bicyclic) bond motifs is 1. The summed E-state index contributed by atoms with van der Waals surface area (Å²) in [6.45, 7) is 0.0892. The summed E-state index contributed by atoms with van der Waals surface area (Å²) >= 11 is 0. The average Bonchev–Trinajstić information content (AvgIpc) is 2.72. The molecular weight excluding hydrogens is 402 g/mol. The molecule has 3 aromatic rings. The maximum Gasteiger partial charge on any atom is 0.405 e. The Labute approximate surface area is 176 Å². The van der Waals surface area contributed by atoms with E-state index in [1.54, 1.807) is 18.2 Å². The fourth-order valence-corrected chi connectivity index (χ4v) is 4.73. The first-order chi connectivity index (χ1) is 14.3. The molecule has 3 aromatic carbocycles. The van der Waals surface area contributed by atoms with Crippen molar-refractivity contribution >= 4 is 32.6 Å². The van der Waals surface area contributed by atoms with Crippen molar-refractivity contribution in [1.82, 2.24) is 10.0 Å². The van der Waals surface area contributed by atoms with Crippen LogP contribution in [0.1, 0.15) is 18.0 Å². The van der Waals surface area contributed by atoms with E-state index in [1.165, 1.54) is 0 Å². The Balaban J connectivity index is 1.81. The predicted molar refractivity (Wildman–Crippen MR) is 118 cm³/mol. The number of anilines is 1. The molecule has 0 heterocycles. The van der Waals surface area contributed by atoms with E-state index < -0.39 is 22.2 Å². The summed E-state index contributed by atoms with van der Waals surface area (Å²) < 4.78 is 28.6. The van der Waals surface area contributed by atoms with Gasteiger partial charge in [0, 0.05) is 37.1 Å². The smallest absolute Gasteiger partial charge is 0.405 e. The fourth-order valence-electron chi connectivity index (χ4n) is 3.46. The first-order valence-electron chi connectivity index (χ1n) is 9.53. The number of carbonyl (C=O) groups is 1. The van der Waals surface area contributed by atoms with E-state index in [0.717, 1.165) is 16.6 Å². The minimum absolute atomic E-state index is 0.0892. The first-order valence-corrected chi connectivity index (χ1v) is 11.0. The molecule has 3 N–H and O–H groups in total. The summed E-state index contributed by atoms with van der Waals surface area (Å²) in [5.74, 6) is 0. The van der Waals surface area contributed by atoms with E-state index in [2.05, 4.69) is 10.0 Å². The van der Waals surface area contributed by atoms with E-state index in [4.69, 9.17) is 5.11 Å². The highest BCUT2D eigenvalue weighted by molar-refractivity contribution is 7.89. The molecule has 0 aliphatic carbocycles. The zero-order valence-electron chi connectivity index (χ0n) is 16.9. The van der Waals surface area contributed by atoms with Crippen molar-refractivity contribution in [1.29, 1.82) is 0 Å². The van der Waals surface area contributed by atoms with E-state index >= 15 is 0 Å². The van der Waals surface area contributed by atoms with Gasteiger partial charge in [-0.25, -0.2) is 17.9 Å². The lowest BCUT2D eigenvalue weighted by atomic mass is 10.0. The van der Waals surface area contributed by atoms with Crippen LogP contribution < -0.4 is 14.9 Å². The zero-order valence-corrected chi connectivity index (χ0v) is 17.7. The number of nitrogens with one attached hydrogen (secondary N) is 2. The molecule has 0 saturated heterocycles. The molecule has 0 saturated carbocycles. The molecule has 0 aromatic heterocycles. The fraction of sp³-hybridized carbons (Fsp3) is 0.227. The van der Waals surface area contributed by atoms with Gasteiger partial charge in [0.2, 0.25) is 10.0 Å². The van der Waals surface area contributed by atoms with Gasteiger partial charge in [-0.1, -0.05) is 54.6 Å². The maximum atomic E-state index is 13.0. The Morgan fingerprint density at radius 3 is 2.30 bits per heavy atom. The molecule has 1 atom stereocenters. The molecule has 0 bridgehead atoms. The second kappa shape index (κ2) is 9.15. The van der Waals surface area contributed by atoms with Crippen molar-refractivity contribution in [2.24, 2.45) is 0 Å². The largest absolute Gasteiger partial charge is 0.465 e. The van der Waals surface area contributed by atoms with Crippen molar-refractivity contribution in [3.8, 4) is 0 Å². The highest BCUT2D eigenvalue weighted by atomic mass is 32.2. The molecule has 8 heteroatoms. The molecular formula is C22H25N3O4S. The van der Waals surface area contributed by atoms with Gasteiger partial charge in [-0.05, 0) is 24.1 Å². The molecule has 1 amide bonds. The quantitative estimate of drug-likeness (QED) is 0.510. The van der Waals surface area contributed by atoms with Crippen LogP contribution in [0, 0.1) is 0 Å². The highest BCUT2D eigenvalue weighted by Crippen LogP contribution is 2.30. The monoisotopic (exact) mass is 427 g/mol. The Kier molecular flexibility index (Phi) is 6.59. The number of carboxylic acid groups (broad SMARTS) is 1. The van der Waals surface area contributed by atoms with Gasteiger partial charge in [-0.15, -0.1) is 0 Å². The van der Waals surface area contributed by atoms with Gasteiger partial charge < -0.3 is 15.3 Å². The summed E-state index contributed by atoms with van der Waals surface area (Å²) in [5.41, 5.74) is 1.71. The molecule has 0 aliphatic heterocycles. The summed E-state index contributed by atoms with van der Waals surface area (Å²) in [6, 6.07) is 19.3. The second-order valence-corrected chi connectivity index (χ2v) is 8.86. The van der Waals surface area contributed by atoms with Crippen LogP contribution in [0.4, 0.5) is 10.5 Å². The summed E-state index contributed by atoms with van der Waals surface area (Å²) in [5, 5.41) is 13.1. The minimum Gasteiger partial charge on any atom is -0.465 e. The number of nitrogens with zero attached hydrogens (tertiary/aromatic N) is 1. The van der Waals surface area contributed by atoms with Gasteiger partial charge >= 0.3 is 6.09 Å². The van der Waals surface area contributed by atoms with Crippen LogP contribution >= 0.6 is 0 Å². The third-order valence-corrected chi connectivity index (χ3v) is 6.37. The van der Waals surface area contributed by atoms with Crippen LogP contribution in [0.2, 0.25) is 0 Å². The van der Waals surface area contributed by atoms with E-state index in [0.29, 0.717) is 5.39 Å². The third kappa shape index (κ3) is 4.90. The summed E-state index contributed by atoms with van der Waals surface area (Å²) in [7, 11) is 0.0408. The first kappa shape index (κ1) is 21.6. The SMILES string of the molecule is CN(C)c1cccc2c(S(=O)(=O)NCCC(NC(=O)O)c3ccccc3)cccc12. The van der Waals surface area contributed by atoms with Crippen LogP contribution in [0.15, 0.2) is 71.6 Å². The van der Waals surface area contributed by atoms with E-state index in [1.807, 2.05) is 67.5 Å². The average molecular weight is 428 g/mol. The molecule has 3 rings (SSSR count). The standard InChI is InChI=1S/C22H25N3O4S/c1-25(2)20-12-6-11-18-17(20)10-7-13-21(18)30(28,29)23-15-14-19(24-22(26)27)16-8-4-3-5-9-16/h3-13,19,23-24H,14-15H2,1-2H3,(H,26,27). The van der Waals surface area contributed by atoms with Gasteiger partial charge in [0.15, 0.2) is 0 Å². The Morgan fingerprint density at radius 2 is 1.63 bits per heavy atom.